The summed E-state index contributed by atoms with van der Waals surface area (Å²) in [5, 5.41) is 0. The zero-order valence-corrected chi connectivity index (χ0v) is 8.74. The van der Waals surface area contributed by atoms with Crippen LogP contribution in [0.15, 0.2) is 24.3 Å². The second-order valence-corrected chi connectivity index (χ2v) is 4.04. The first kappa shape index (κ1) is 9.69. The van der Waals surface area contributed by atoms with Crippen molar-refractivity contribution < 1.29 is 0 Å². The molecule has 0 spiro atoms. The highest BCUT2D eigenvalue weighted by atomic mass is 15.2. The SMILES string of the molecule is Cc1cccc(C2CCN2CCN)c1. The minimum atomic E-state index is 0.624. The van der Waals surface area contributed by atoms with Crippen molar-refractivity contribution in [3.8, 4) is 0 Å². The predicted molar refractivity (Wildman–Crippen MR) is 59.2 cm³/mol. The van der Waals surface area contributed by atoms with Gasteiger partial charge in [0, 0.05) is 25.7 Å². The van der Waals surface area contributed by atoms with E-state index in [9.17, 15) is 0 Å². The molecule has 2 nitrogen and oxygen atoms in total. The first-order chi connectivity index (χ1) is 6.81. The minimum Gasteiger partial charge on any atom is -0.329 e. The normalized spacial score (nSPS) is 22.0. The highest BCUT2D eigenvalue weighted by Crippen LogP contribution is 2.32. The molecule has 0 saturated carbocycles. The Morgan fingerprint density at radius 2 is 2.36 bits per heavy atom. The fourth-order valence-corrected chi connectivity index (χ4v) is 2.13. The molecule has 1 aromatic rings. The van der Waals surface area contributed by atoms with Crippen molar-refractivity contribution in [3.63, 3.8) is 0 Å². The highest BCUT2D eigenvalue weighted by Gasteiger charge is 2.28. The van der Waals surface area contributed by atoms with Crippen molar-refractivity contribution in [1.29, 1.82) is 0 Å². The smallest absolute Gasteiger partial charge is 0.0360 e. The van der Waals surface area contributed by atoms with Crippen LogP contribution in [0.25, 0.3) is 0 Å². The van der Waals surface area contributed by atoms with Crippen LogP contribution in [0.5, 0.6) is 0 Å². The van der Waals surface area contributed by atoms with Crippen LogP contribution in [0, 0.1) is 6.92 Å². The second kappa shape index (κ2) is 4.11. The van der Waals surface area contributed by atoms with Gasteiger partial charge in [-0.1, -0.05) is 29.8 Å². The van der Waals surface area contributed by atoms with E-state index in [0.717, 1.165) is 13.1 Å². The lowest BCUT2D eigenvalue weighted by Crippen LogP contribution is -2.43. The lowest BCUT2D eigenvalue weighted by molar-refractivity contribution is 0.0950. The third kappa shape index (κ3) is 1.81. The van der Waals surface area contributed by atoms with Crippen molar-refractivity contribution in [1.82, 2.24) is 4.90 Å². The third-order valence-electron chi connectivity index (χ3n) is 2.97. The maximum absolute atomic E-state index is 5.57. The maximum Gasteiger partial charge on any atom is 0.0360 e. The summed E-state index contributed by atoms with van der Waals surface area (Å²) in [5.41, 5.74) is 8.37. The quantitative estimate of drug-likeness (QED) is 0.786. The van der Waals surface area contributed by atoms with Crippen LogP contribution >= 0.6 is 0 Å². The summed E-state index contributed by atoms with van der Waals surface area (Å²) in [6.45, 7) is 5.15. The van der Waals surface area contributed by atoms with Gasteiger partial charge in [-0.25, -0.2) is 0 Å². The third-order valence-corrected chi connectivity index (χ3v) is 2.97. The van der Waals surface area contributed by atoms with Gasteiger partial charge in [0.2, 0.25) is 0 Å². The zero-order chi connectivity index (χ0) is 9.97. The van der Waals surface area contributed by atoms with Crippen molar-refractivity contribution >= 4 is 0 Å². The zero-order valence-electron chi connectivity index (χ0n) is 8.74. The van der Waals surface area contributed by atoms with Crippen molar-refractivity contribution in [3.05, 3.63) is 35.4 Å². The Labute approximate surface area is 85.7 Å². The lowest BCUT2D eigenvalue weighted by Gasteiger charge is -2.41. The number of nitrogens with two attached hydrogens (primary N) is 1. The fourth-order valence-electron chi connectivity index (χ4n) is 2.13. The molecule has 2 rings (SSSR count). The number of likely N-dealkylation sites (tertiary alicyclic amines) is 1. The van der Waals surface area contributed by atoms with Crippen LogP contribution in [0.2, 0.25) is 0 Å². The van der Waals surface area contributed by atoms with Gasteiger partial charge < -0.3 is 5.73 Å². The number of nitrogens with zero attached hydrogens (tertiary/aromatic N) is 1. The predicted octanol–water partition coefficient (Wildman–Crippen LogP) is 1.70. The summed E-state index contributed by atoms with van der Waals surface area (Å²) >= 11 is 0. The highest BCUT2D eigenvalue weighted by molar-refractivity contribution is 5.26. The van der Waals surface area contributed by atoms with Gasteiger partial charge >= 0.3 is 0 Å². The van der Waals surface area contributed by atoms with Gasteiger partial charge in [-0.2, -0.15) is 0 Å². The van der Waals surface area contributed by atoms with Crippen LogP contribution < -0.4 is 5.73 Å². The number of aryl methyl sites for hydroxylation is 1. The molecular formula is C12H18N2. The van der Waals surface area contributed by atoms with Crippen molar-refractivity contribution in [2.24, 2.45) is 5.73 Å². The summed E-state index contributed by atoms with van der Waals surface area (Å²) in [5.74, 6) is 0. The average Bonchev–Trinajstić information content (AvgIpc) is 2.12. The fraction of sp³-hybridized carbons (Fsp3) is 0.500. The van der Waals surface area contributed by atoms with Crippen LogP contribution in [0.4, 0.5) is 0 Å². The van der Waals surface area contributed by atoms with Gasteiger partial charge in [0.1, 0.15) is 0 Å². The number of hydrogen-bond donors (Lipinski definition) is 1. The van der Waals surface area contributed by atoms with E-state index in [4.69, 9.17) is 5.73 Å². The lowest BCUT2D eigenvalue weighted by atomic mass is 9.94. The summed E-state index contributed by atoms with van der Waals surface area (Å²) in [6, 6.07) is 9.42. The molecule has 1 aliphatic heterocycles. The first-order valence-corrected chi connectivity index (χ1v) is 5.32. The monoisotopic (exact) mass is 190 g/mol. The van der Waals surface area contributed by atoms with E-state index in [1.165, 1.54) is 24.1 Å². The van der Waals surface area contributed by atoms with Crippen molar-refractivity contribution in [2.45, 2.75) is 19.4 Å². The van der Waals surface area contributed by atoms with Crippen LogP contribution in [-0.2, 0) is 0 Å². The number of rotatable bonds is 3. The molecule has 0 amide bonds. The molecule has 2 N–H and O–H groups in total. The molecule has 1 atom stereocenters. The van der Waals surface area contributed by atoms with E-state index < -0.39 is 0 Å². The van der Waals surface area contributed by atoms with Gasteiger partial charge in [-0.15, -0.1) is 0 Å². The van der Waals surface area contributed by atoms with Crippen molar-refractivity contribution in [2.75, 3.05) is 19.6 Å². The van der Waals surface area contributed by atoms with Gasteiger partial charge in [-0.05, 0) is 18.9 Å². The number of hydrogen-bond acceptors (Lipinski definition) is 2. The molecule has 76 valence electrons. The molecule has 1 saturated heterocycles. The summed E-state index contributed by atoms with van der Waals surface area (Å²) in [4.78, 5) is 2.45. The largest absolute Gasteiger partial charge is 0.329 e. The van der Waals surface area contributed by atoms with Crippen LogP contribution in [-0.4, -0.2) is 24.5 Å². The Morgan fingerprint density at radius 1 is 1.50 bits per heavy atom. The topological polar surface area (TPSA) is 29.3 Å². The summed E-state index contributed by atoms with van der Waals surface area (Å²) in [7, 11) is 0. The number of benzene rings is 1. The molecular weight excluding hydrogens is 172 g/mol. The molecule has 0 aliphatic carbocycles. The van der Waals surface area contributed by atoms with Crippen LogP contribution in [0.3, 0.4) is 0 Å². The van der Waals surface area contributed by atoms with Gasteiger partial charge in [0.05, 0.1) is 0 Å². The van der Waals surface area contributed by atoms with E-state index in [2.05, 4.69) is 36.1 Å². The Hall–Kier alpha value is -0.860. The van der Waals surface area contributed by atoms with Gasteiger partial charge in [-0.3, -0.25) is 4.90 Å². The Balaban J connectivity index is 2.08. The summed E-state index contributed by atoms with van der Waals surface area (Å²) < 4.78 is 0. The molecule has 1 aliphatic rings. The molecule has 0 radical (unpaired) electrons. The maximum atomic E-state index is 5.57. The van der Waals surface area contributed by atoms with E-state index in [1.54, 1.807) is 0 Å². The molecule has 1 unspecified atom stereocenters. The first-order valence-electron chi connectivity index (χ1n) is 5.32. The van der Waals surface area contributed by atoms with E-state index >= 15 is 0 Å². The molecule has 2 heteroatoms. The molecule has 1 aromatic carbocycles. The summed E-state index contributed by atoms with van der Waals surface area (Å²) in [6.07, 6.45) is 1.28. The Bertz CT molecular complexity index is 309. The van der Waals surface area contributed by atoms with Gasteiger partial charge in [0.25, 0.3) is 0 Å². The standard InChI is InChI=1S/C12H18N2/c1-10-3-2-4-11(9-10)12-5-7-14(12)8-6-13/h2-4,9,12H,5-8,13H2,1H3. The molecule has 0 bridgehead atoms. The second-order valence-electron chi connectivity index (χ2n) is 4.04. The molecule has 1 fully saturated rings. The van der Waals surface area contributed by atoms with E-state index in [1.807, 2.05) is 0 Å². The Kier molecular flexibility index (Phi) is 2.85. The molecule has 14 heavy (non-hydrogen) atoms. The Morgan fingerprint density at radius 3 is 2.93 bits per heavy atom. The average molecular weight is 190 g/mol. The molecule has 1 heterocycles. The van der Waals surface area contributed by atoms with Gasteiger partial charge in [0.15, 0.2) is 0 Å². The minimum absolute atomic E-state index is 0.624. The van der Waals surface area contributed by atoms with E-state index in [-0.39, 0.29) is 0 Å². The van der Waals surface area contributed by atoms with Crippen LogP contribution in [0.1, 0.15) is 23.6 Å². The van der Waals surface area contributed by atoms with E-state index in [0.29, 0.717) is 6.04 Å². The molecule has 0 aromatic heterocycles.